The van der Waals surface area contributed by atoms with E-state index in [1.165, 1.54) is 0 Å². The molecule has 2 aromatic rings. The molecule has 2 aliphatic rings. The van der Waals surface area contributed by atoms with Gasteiger partial charge in [-0.05, 0) is 49.2 Å². The molecule has 23 heavy (non-hydrogen) atoms. The van der Waals surface area contributed by atoms with Gasteiger partial charge >= 0.3 is 0 Å². The number of phenols is 1. The SMILES string of the molecule is Cc1cc2c(cc1C)NC1=C(N2)O[C@H](c2cccc(O)c2)C1=O. The molecule has 0 aliphatic carbocycles. The van der Waals surface area contributed by atoms with E-state index in [-0.39, 0.29) is 11.5 Å². The molecule has 0 unspecified atom stereocenters. The molecule has 0 saturated heterocycles. The Kier molecular flexibility index (Phi) is 2.84. The van der Waals surface area contributed by atoms with Crippen LogP contribution in [0.15, 0.2) is 48.0 Å². The molecule has 4 rings (SSSR count). The zero-order chi connectivity index (χ0) is 16.1. The van der Waals surface area contributed by atoms with Gasteiger partial charge in [-0.1, -0.05) is 12.1 Å². The number of benzene rings is 2. The summed E-state index contributed by atoms with van der Waals surface area (Å²) in [5.41, 5.74) is 5.11. The van der Waals surface area contributed by atoms with Crippen LogP contribution in [-0.2, 0) is 9.53 Å². The number of carbonyl (C=O) groups excluding carboxylic acids is 1. The van der Waals surface area contributed by atoms with Crippen molar-refractivity contribution in [3.63, 3.8) is 0 Å². The van der Waals surface area contributed by atoms with E-state index in [0.29, 0.717) is 17.1 Å². The first kappa shape index (κ1) is 13.7. The molecule has 0 bridgehead atoms. The average molecular weight is 308 g/mol. The minimum absolute atomic E-state index is 0.110. The molecule has 2 heterocycles. The predicted molar refractivity (Wildman–Crippen MR) is 87.1 cm³/mol. The van der Waals surface area contributed by atoms with Crippen molar-refractivity contribution in [2.24, 2.45) is 0 Å². The lowest BCUT2D eigenvalue weighted by Crippen LogP contribution is -2.18. The number of anilines is 2. The van der Waals surface area contributed by atoms with Gasteiger partial charge in [0.1, 0.15) is 11.4 Å². The van der Waals surface area contributed by atoms with Gasteiger partial charge in [0.25, 0.3) is 0 Å². The molecule has 0 fully saturated rings. The highest BCUT2D eigenvalue weighted by atomic mass is 16.5. The second kappa shape index (κ2) is 4.78. The van der Waals surface area contributed by atoms with Gasteiger partial charge in [-0.3, -0.25) is 4.79 Å². The lowest BCUT2D eigenvalue weighted by molar-refractivity contribution is -0.121. The van der Waals surface area contributed by atoms with Gasteiger partial charge in [-0.25, -0.2) is 0 Å². The third kappa shape index (κ3) is 2.12. The van der Waals surface area contributed by atoms with Crippen LogP contribution in [0.5, 0.6) is 5.75 Å². The predicted octanol–water partition coefficient (Wildman–Crippen LogP) is 3.36. The van der Waals surface area contributed by atoms with Crippen LogP contribution in [0.4, 0.5) is 11.4 Å². The Morgan fingerprint density at radius 2 is 1.74 bits per heavy atom. The number of fused-ring (bicyclic) bond motifs is 1. The number of ether oxygens (including phenoxy) is 1. The molecule has 0 radical (unpaired) electrons. The lowest BCUT2D eigenvalue weighted by Gasteiger charge is -2.21. The Bertz CT molecular complexity index is 871. The van der Waals surface area contributed by atoms with Gasteiger partial charge in [0.05, 0.1) is 11.4 Å². The summed E-state index contributed by atoms with van der Waals surface area (Å²) in [5, 5.41) is 16.0. The minimum Gasteiger partial charge on any atom is -0.508 e. The van der Waals surface area contributed by atoms with E-state index in [0.717, 1.165) is 22.5 Å². The van der Waals surface area contributed by atoms with Crippen LogP contribution in [0.1, 0.15) is 22.8 Å². The van der Waals surface area contributed by atoms with Crippen LogP contribution in [0, 0.1) is 13.8 Å². The van der Waals surface area contributed by atoms with Gasteiger partial charge in [-0.2, -0.15) is 0 Å². The normalized spacial score (nSPS) is 18.7. The molecule has 0 amide bonds. The van der Waals surface area contributed by atoms with E-state index >= 15 is 0 Å². The molecular formula is C18H16N2O3. The van der Waals surface area contributed by atoms with Gasteiger partial charge in [0, 0.05) is 5.56 Å². The summed E-state index contributed by atoms with van der Waals surface area (Å²) in [5.74, 6) is 0.389. The average Bonchev–Trinajstić information content (AvgIpc) is 2.83. The molecule has 0 spiro atoms. The molecule has 0 saturated carbocycles. The first-order valence-corrected chi connectivity index (χ1v) is 7.42. The molecule has 5 heteroatoms. The molecule has 3 N–H and O–H groups in total. The number of phenolic OH excluding ortho intramolecular Hbond substituents is 1. The van der Waals surface area contributed by atoms with Crippen molar-refractivity contribution >= 4 is 17.2 Å². The van der Waals surface area contributed by atoms with Crippen LogP contribution >= 0.6 is 0 Å². The first-order chi connectivity index (χ1) is 11.0. The van der Waals surface area contributed by atoms with Gasteiger partial charge in [0.2, 0.25) is 11.7 Å². The van der Waals surface area contributed by atoms with Crippen LogP contribution in [0.3, 0.4) is 0 Å². The standard InChI is InChI=1S/C18H16N2O3/c1-9-6-13-14(7-10(9)2)20-18-15(19-13)16(22)17(23-18)11-4-3-5-12(21)8-11/h3-8,17,19-21H,1-2H3/t17-/m1/s1. The highest BCUT2D eigenvalue weighted by Gasteiger charge is 2.39. The van der Waals surface area contributed by atoms with Crippen molar-refractivity contribution in [1.82, 2.24) is 0 Å². The largest absolute Gasteiger partial charge is 0.508 e. The number of hydrogen-bond acceptors (Lipinski definition) is 5. The number of Topliss-reactive ketones (excluding diaryl/α,β-unsaturated/α-hetero) is 1. The quantitative estimate of drug-likeness (QED) is 0.753. The molecule has 116 valence electrons. The fourth-order valence-corrected chi connectivity index (χ4v) is 2.87. The second-order valence-corrected chi connectivity index (χ2v) is 5.89. The summed E-state index contributed by atoms with van der Waals surface area (Å²) in [7, 11) is 0. The number of ketones is 1. The summed E-state index contributed by atoms with van der Waals surface area (Å²) >= 11 is 0. The molecule has 1 atom stereocenters. The van der Waals surface area contributed by atoms with E-state index in [2.05, 4.69) is 10.6 Å². The second-order valence-electron chi connectivity index (χ2n) is 5.89. The van der Waals surface area contributed by atoms with Crippen molar-refractivity contribution in [2.75, 3.05) is 10.6 Å². The summed E-state index contributed by atoms with van der Waals surface area (Å²) in [6, 6.07) is 10.6. The summed E-state index contributed by atoms with van der Waals surface area (Å²) < 4.78 is 5.79. The summed E-state index contributed by atoms with van der Waals surface area (Å²) in [6.45, 7) is 4.07. The molecular weight excluding hydrogens is 292 g/mol. The minimum atomic E-state index is -0.747. The number of hydrogen-bond donors (Lipinski definition) is 3. The van der Waals surface area contributed by atoms with Crippen LogP contribution < -0.4 is 10.6 Å². The molecule has 2 aromatic carbocycles. The van der Waals surface area contributed by atoms with Gasteiger partial charge < -0.3 is 20.5 Å². The van der Waals surface area contributed by atoms with E-state index in [4.69, 9.17) is 4.74 Å². The first-order valence-electron chi connectivity index (χ1n) is 7.42. The number of nitrogens with one attached hydrogen (secondary N) is 2. The number of rotatable bonds is 1. The highest BCUT2D eigenvalue weighted by Crippen LogP contribution is 2.40. The maximum atomic E-state index is 12.6. The van der Waals surface area contributed by atoms with Crippen LogP contribution in [0.2, 0.25) is 0 Å². The topological polar surface area (TPSA) is 70.6 Å². The van der Waals surface area contributed by atoms with Crippen molar-refractivity contribution in [3.05, 3.63) is 64.7 Å². The third-order valence-corrected chi connectivity index (χ3v) is 4.26. The smallest absolute Gasteiger partial charge is 0.229 e. The molecule has 2 aliphatic heterocycles. The van der Waals surface area contributed by atoms with E-state index in [1.807, 2.05) is 26.0 Å². The van der Waals surface area contributed by atoms with Crippen molar-refractivity contribution in [2.45, 2.75) is 20.0 Å². The Morgan fingerprint density at radius 3 is 2.43 bits per heavy atom. The maximum Gasteiger partial charge on any atom is 0.229 e. The fourth-order valence-electron chi connectivity index (χ4n) is 2.87. The zero-order valence-corrected chi connectivity index (χ0v) is 12.8. The van der Waals surface area contributed by atoms with Crippen molar-refractivity contribution < 1.29 is 14.6 Å². The Labute approximate surface area is 133 Å². The monoisotopic (exact) mass is 308 g/mol. The zero-order valence-electron chi connectivity index (χ0n) is 12.8. The van der Waals surface area contributed by atoms with Crippen molar-refractivity contribution in [1.29, 1.82) is 0 Å². The van der Waals surface area contributed by atoms with Crippen LogP contribution in [-0.4, -0.2) is 10.9 Å². The maximum absolute atomic E-state index is 12.6. The molecule has 0 aromatic heterocycles. The van der Waals surface area contributed by atoms with Crippen LogP contribution in [0.25, 0.3) is 0 Å². The van der Waals surface area contributed by atoms with Gasteiger partial charge in [-0.15, -0.1) is 0 Å². The van der Waals surface area contributed by atoms with Gasteiger partial charge in [0.15, 0.2) is 6.10 Å². The van der Waals surface area contributed by atoms with E-state index in [9.17, 15) is 9.90 Å². The Balaban J connectivity index is 1.68. The number of carbonyl (C=O) groups is 1. The molecule has 5 nitrogen and oxygen atoms in total. The Morgan fingerprint density at radius 1 is 1.04 bits per heavy atom. The van der Waals surface area contributed by atoms with E-state index < -0.39 is 6.10 Å². The number of aryl methyl sites for hydroxylation is 2. The highest BCUT2D eigenvalue weighted by molar-refractivity contribution is 6.06. The fraction of sp³-hybridized carbons (Fsp3) is 0.167. The van der Waals surface area contributed by atoms with Crippen molar-refractivity contribution in [3.8, 4) is 5.75 Å². The number of aromatic hydroxyl groups is 1. The summed E-state index contributed by atoms with van der Waals surface area (Å²) in [6.07, 6.45) is -0.747. The summed E-state index contributed by atoms with van der Waals surface area (Å²) in [4.78, 5) is 12.6. The Hall–Kier alpha value is -2.95. The third-order valence-electron chi connectivity index (χ3n) is 4.26. The lowest BCUT2D eigenvalue weighted by atomic mass is 10.0. The van der Waals surface area contributed by atoms with E-state index in [1.54, 1.807) is 24.3 Å².